The molecule has 0 amide bonds. The number of benzene rings is 1. The molecule has 4 nitrogen and oxygen atoms in total. The van der Waals surface area contributed by atoms with Crippen LogP contribution in [-0.4, -0.2) is 42.5 Å². The van der Waals surface area contributed by atoms with Crippen LogP contribution in [0.2, 0.25) is 0 Å². The number of nitrogens with zero attached hydrogens (tertiary/aromatic N) is 4. The van der Waals surface area contributed by atoms with Gasteiger partial charge in [0.25, 0.3) is 0 Å². The van der Waals surface area contributed by atoms with Gasteiger partial charge in [0.15, 0.2) is 0 Å². The number of hydrogen-bond acceptors (Lipinski definition) is 4. The van der Waals surface area contributed by atoms with Gasteiger partial charge in [0.2, 0.25) is 0 Å². The number of nitriles is 2. The zero-order chi connectivity index (χ0) is 15.6. The predicted octanol–water partition coefficient (Wildman–Crippen LogP) is 2.64. The van der Waals surface area contributed by atoms with E-state index in [9.17, 15) is 5.26 Å². The molecule has 1 aliphatic rings. The van der Waals surface area contributed by atoms with Crippen molar-refractivity contribution < 1.29 is 0 Å². The third-order valence-electron chi connectivity index (χ3n) is 4.20. The number of rotatable bonds is 6. The minimum absolute atomic E-state index is 0.0136. The fourth-order valence-corrected chi connectivity index (χ4v) is 2.95. The van der Waals surface area contributed by atoms with Crippen molar-refractivity contribution in [2.24, 2.45) is 5.92 Å². The molecule has 116 valence electrons. The van der Waals surface area contributed by atoms with Gasteiger partial charge in [0.05, 0.1) is 18.1 Å². The first-order valence-corrected chi connectivity index (χ1v) is 8.07. The summed E-state index contributed by atoms with van der Waals surface area (Å²) in [6.45, 7) is 6.03. The molecule has 0 N–H and O–H groups in total. The van der Waals surface area contributed by atoms with Crippen LogP contribution in [0.4, 0.5) is 0 Å². The molecule has 1 heterocycles. The quantitative estimate of drug-likeness (QED) is 0.810. The van der Waals surface area contributed by atoms with E-state index in [-0.39, 0.29) is 5.92 Å². The molecule has 1 fully saturated rings. The summed E-state index contributed by atoms with van der Waals surface area (Å²) < 4.78 is 0. The van der Waals surface area contributed by atoms with Gasteiger partial charge < -0.3 is 4.90 Å². The van der Waals surface area contributed by atoms with Crippen molar-refractivity contribution >= 4 is 0 Å². The summed E-state index contributed by atoms with van der Waals surface area (Å²) in [6.07, 6.45) is 2.31. The summed E-state index contributed by atoms with van der Waals surface area (Å²) >= 11 is 0. The van der Waals surface area contributed by atoms with Crippen LogP contribution in [0, 0.1) is 28.6 Å². The molecule has 22 heavy (non-hydrogen) atoms. The minimum Gasteiger partial charge on any atom is -0.301 e. The molecule has 0 bridgehead atoms. The molecule has 0 radical (unpaired) electrons. The van der Waals surface area contributed by atoms with Gasteiger partial charge in [-0.2, -0.15) is 10.5 Å². The highest BCUT2D eigenvalue weighted by atomic mass is 15.2. The van der Waals surface area contributed by atoms with Crippen LogP contribution in [0.5, 0.6) is 0 Å². The van der Waals surface area contributed by atoms with E-state index in [0.717, 1.165) is 45.7 Å². The fraction of sp³-hybridized carbons (Fsp3) is 0.556. The molecule has 1 saturated heterocycles. The van der Waals surface area contributed by atoms with Crippen molar-refractivity contribution in [3.63, 3.8) is 0 Å². The zero-order valence-corrected chi connectivity index (χ0v) is 13.1. The van der Waals surface area contributed by atoms with Crippen LogP contribution >= 0.6 is 0 Å². The maximum atomic E-state index is 9.20. The maximum absolute atomic E-state index is 9.20. The molecule has 0 spiro atoms. The Kier molecular flexibility index (Phi) is 6.90. The molecular formula is C18H24N4. The maximum Gasteiger partial charge on any atom is 0.0669 e. The van der Waals surface area contributed by atoms with Gasteiger partial charge in [0, 0.05) is 32.6 Å². The van der Waals surface area contributed by atoms with E-state index in [1.54, 1.807) is 0 Å². The highest BCUT2D eigenvalue weighted by molar-refractivity contribution is 5.14. The van der Waals surface area contributed by atoms with Crippen LogP contribution in [0.15, 0.2) is 30.3 Å². The first-order chi connectivity index (χ1) is 10.8. The van der Waals surface area contributed by atoms with Gasteiger partial charge in [-0.25, -0.2) is 0 Å². The van der Waals surface area contributed by atoms with E-state index in [1.165, 1.54) is 5.56 Å². The summed E-state index contributed by atoms with van der Waals surface area (Å²) in [5.74, 6) is -0.0136. The lowest BCUT2D eigenvalue weighted by molar-refractivity contribution is 0.236. The number of hydrogen-bond donors (Lipinski definition) is 0. The average Bonchev–Trinajstić information content (AvgIpc) is 2.77. The summed E-state index contributed by atoms with van der Waals surface area (Å²) in [6, 6.07) is 15.1. The van der Waals surface area contributed by atoms with Crippen molar-refractivity contribution in [2.75, 3.05) is 32.7 Å². The van der Waals surface area contributed by atoms with Crippen molar-refractivity contribution in [3.8, 4) is 12.1 Å². The second-order valence-electron chi connectivity index (χ2n) is 5.94. The summed E-state index contributed by atoms with van der Waals surface area (Å²) in [5.41, 5.74) is 1.36. The summed E-state index contributed by atoms with van der Waals surface area (Å²) in [7, 11) is 0. The van der Waals surface area contributed by atoms with Crippen LogP contribution in [0.25, 0.3) is 0 Å². The Bertz CT molecular complexity index is 514. The van der Waals surface area contributed by atoms with E-state index in [1.807, 2.05) is 0 Å². The summed E-state index contributed by atoms with van der Waals surface area (Å²) in [5, 5.41) is 17.9. The van der Waals surface area contributed by atoms with E-state index in [4.69, 9.17) is 5.26 Å². The monoisotopic (exact) mass is 296 g/mol. The third kappa shape index (κ3) is 5.48. The van der Waals surface area contributed by atoms with Gasteiger partial charge in [-0.3, -0.25) is 4.90 Å². The molecule has 2 rings (SSSR count). The Morgan fingerprint density at radius 2 is 1.73 bits per heavy atom. The molecule has 1 atom stereocenters. The lowest BCUT2D eigenvalue weighted by Gasteiger charge is -2.23. The van der Waals surface area contributed by atoms with Gasteiger partial charge in [-0.05, 0) is 31.5 Å². The first kappa shape index (κ1) is 16.5. The summed E-state index contributed by atoms with van der Waals surface area (Å²) in [4.78, 5) is 4.88. The Morgan fingerprint density at radius 1 is 1.00 bits per heavy atom. The molecule has 0 saturated carbocycles. The Morgan fingerprint density at radius 3 is 2.45 bits per heavy atom. The van der Waals surface area contributed by atoms with E-state index >= 15 is 0 Å². The van der Waals surface area contributed by atoms with Gasteiger partial charge >= 0.3 is 0 Å². The van der Waals surface area contributed by atoms with Crippen molar-refractivity contribution in [1.82, 2.24) is 9.80 Å². The van der Waals surface area contributed by atoms with E-state index < -0.39 is 0 Å². The minimum atomic E-state index is -0.0136. The molecule has 1 aromatic rings. The topological polar surface area (TPSA) is 54.1 Å². The highest BCUT2D eigenvalue weighted by Crippen LogP contribution is 2.12. The van der Waals surface area contributed by atoms with Gasteiger partial charge in [-0.15, -0.1) is 0 Å². The molecule has 0 aromatic heterocycles. The Hall–Kier alpha value is -1.88. The molecule has 4 heteroatoms. The van der Waals surface area contributed by atoms with Crippen LogP contribution in [0.1, 0.15) is 24.8 Å². The van der Waals surface area contributed by atoms with Crippen LogP contribution in [0.3, 0.4) is 0 Å². The largest absolute Gasteiger partial charge is 0.301 e. The van der Waals surface area contributed by atoms with Crippen molar-refractivity contribution in [1.29, 1.82) is 10.5 Å². The molecule has 1 aromatic carbocycles. The molecular weight excluding hydrogens is 272 g/mol. The molecule has 0 aliphatic carbocycles. The standard InChI is InChI=1S/C18H24N4/c19-9-4-8-18(14-20)16-22-11-5-10-21(12-13-22)15-17-6-2-1-3-7-17/h1-3,6-7,18H,4-5,8,10-13,15-16H2/t18-/m1/s1. The predicted molar refractivity (Wildman–Crippen MR) is 86.7 cm³/mol. The zero-order valence-electron chi connectivity index (χ0n) is 13.1. The lowest BCUT2D eigenvalue weighted by atomic mass is 10.0. The van der Waals surface area contributed by atoms with Crippen LogP contribution < -0.4 is 0 Å². The first-order valence-electron chi connectivity index (χ1n) is 8.07. The van der Waals surface area contributed by atoms with Gasteiger partial charge in [-0.1, -0.05) is 30.3 Å². The smallest absolute Gasteiger partial charge is 0.0669 e. The lowest BCUT2D eigenvalue weighted by Crippen LogP contribution is -2.33. The average molecular weight is 296 g/mol. The Balaban J connectivity index is 1.80. The van der Waals surface area contributed by atoms with E-state index in [0.29, 0.717) is 12.8 Å². The third-order valence-corrected chi connectivity index (χ3v) is 4.20. The molecule has 0 unspecified atom stereocenters. The fourth-order valence-electron chi connectivity index (χ4n) is 2.95. The van der Waals surface area contributed by atoms with Gasteiger partial charge in [0.1, 0.15) is 0 Å². The molecule has 1 aliphatic heterocycles. The van der Waals surface area contributed by atoms with Crippen molar-refractivity contribution in [3.05, 3.63) is 35.9 Å². The van der Waals surface area contributed by atoms with Crippen LogP contribution in [-0.2, 0) is 6.54 Å². The Labute approximate surface area is 133 Å². The normalized spacial score (nSPS) is 18.1. The van der Waals surface area contributed by atoms with E-state index in [2.05, 4.69) is 52.3 Å². The second-order valence-corrected chi connectivity index (χ2v) is 5.94. The highest BCUT2D eigenvalue weighted by Gasteiger charge is 2.18. The SMILES string of the molecule is N#CCC[C@H](C#N)CN1CCCN(Cc2ccccc2)CC1. The van der Waals surface area contributed by atoms with Crippen molar-refractivity contribution in [2.45, 2.75) is 25.8 Å². The second kappa shape index (κ2) is 9.20.